The monoisotopic (exact) mass is 454 g/mol. The standard InChI is InChI=1S/C21H22N6O6/c1-3-23(4-2)11-12-24-17-7-5-6-8-18(17)25-14-16(22-21(24)25)15-9-10-19(32-26(28)29)20(13-15)33-27(30)31/h5-10,13-14H,3-4,11-12H2,1-2H3. The lowest BCUT2D eigenvalue weighted by Gasteiger charge is -2.18. The molecule has 2 heterocycles. The van der Waals surface area contributed by atoms with Crippen molar-refractivity contribution in [3.8, 4) is 22.8 Å². The highest BCUT2D eigenvalue weighted by molar-refractivity contribution is 5.82. The molecule has 0 bridgehead atoms. The predicted molar refractivity (Wildman–Crippen MR) is 119 cm³/mol. The van der Waals surface area contributed by atoms with Gasteiger partial charge in [-0.15, -0.1) is 20.2 Å². The highest BCUT2D eigenvalue weighted by Crippen LogP contribution is 2.33. The molecule has 0 atom stereocenters. The van der Waals surface area contributed by atoms with Crippen molar-refractivity contribution in [1.82, 2.24) is 18.9 Å². The lowest BCUT2D eigenvalue weighted by Crippen LogP contribution is -2.27. The maximum atomic E-state index is 10.9. The first-order chi connectivity index (χ1) is 15.9. The minimum absolute atomic E-state index is 0.376. The Bertz CT molecular complexity index is 1330. The Hall–Kier alpha value is -4.19. The zero-order valence-corrected chi connectivity index (χ0v) is 18.1. The zero-order valence-electron chi connectivity index (χ0n) is 18.1. The Labute approximate surface area is 187 Å². The molecule has 0 N–H and O–H groups in total. The van der Waals surface area contributed by atoms with Crippen LogP contribution in [-0.4, -0.2) is 48.7 Å². The van der Waals surface area contributed by atoms with Crippen molar-refractivity contribution in [3.05, 3.63) is 68.9 Å². The summed E-state index contributed by atoms with van der Waals surface area (Å²) in [6, 6.07) is 12.0. The SMILES string of the molecule is CCN(CC)CCn1c2ccccc2n2cc(-c3ccc(O[N+](=O)[O-])c(O[N+](=O)[O-])c3)nc12. The third-order valence-corrected chi connectivity index (χ3v) is 5.48. The van der Waals surface area contributed by atoms with Crippen LogP contribution in [0.4, 0.5) is 0 Å². The van der Waals surface area contributed by atoms with E-state index in [1.165, 1.54) is 18.2 Å². The van der Waals surface area contributed by atoms with Crippen LogP contribution >= 0.6 is 0 Å². The minimum atomic E-state index is -1.06. The van der Waals surface area contributed by atoms with Gasteiger partial charge in [0, 0.05) is 24.8 Å². The molecule has 33 heavy (non-hydrogen) atoms. The molecule has 2 aromatic carbocycles. The minimum Gasteiger partial charge on any atom is -0.308 e. The Morgan fingerprint density at radius 3 is 2.30 bits per heavy atom. The number of fused-ring (bicyclic) bond motifs is 3. The Morgan fingerprint density at radius 2 is 1.64 bits per heavy atom. The summed E-state index contributed by atoms with van der Waals surface area (Å²) < 4.78 is 4.10. The van der Waals surface area contributed by atoms with E-state index in [2.05, 4.69) is 33.0 Å². The Morgan fingerprint density at radius 1 is 0.970 bits per heavy atom. The third-order valence-electron chi connectivity index (χ3n) is 5.48. The molecule has 0 saturated heterocycles. The number of hydrogen-bond acceptors (Lipinski definition) is 8. The largest absolute Gasteiger partial charge is 0.308 e. The molecule has 0 unspecified atom stereocenters. The van der Waals surface area contributed by atoms with Crippen molar-refractivity contribution in [2.75, 3.05) is 19.6 Å². The van der Waals surface area contributed by atoms with E-state index in [0.717, 1.165) is 43.0 Å². The molecule has 12 heteroatoms. The average molecular weight is 454 g/mol. The van der Waals surface area contributed by atoms with Crippen LogP contribution in [0.25, 0.3) is 28.1 Å². The van der Waals surface area contributed by atoms with E-state index >= 15 is 0 Å². The number of imidazole rings is 2. The highest BCUT2D eigenvalue weighted by atomic mass is 17.0. The maximum absolute atomic E-state index is 10.9. The molecule has 0 spiro atoms. The van der Waals surface area contributed by atoms with Gasteiger partial charge in [-0.1, -0.05) is 32.0 Å². The van der Waals surface area contributed by atoms with Gasteiger partial charge in [-0.05, 0) is 37.4 Å². The summed E-state index contributed by atoms with van der Waals surface area (Å²) in [5.41, 5.74) is 3.05. The van der Waals surface area contributed by atoms with Crippen molar-refractivity contribution in [3.63, 3.8) is 0 Å². The van der Waals surface area contributed by atoms with E-state index in [0.29, 0.717) is 11.3 Å². The number of likely N-dealkylation sites (N-methyl/N-ethyl adjacent to an activating group) is 1. The van der Waals surface area contributed by atoms with Gasteiger partial charge in [0.15, 0.2) is 11.5 Å². The highest BCUT2D eigenvalue weighted by Gasteiger charge is 2.18. The zero-order chi connectivity index (χ0) is 23.5. The second-order valence-corrected chi connectivity index (χ2v) is 7.25. The molecule has 0 aliphatic heterocycles. The van der Waals surface area contributed by atoms with E-state index in [1.54, 1.807) is 0 Å². The molecule has 0 fully saturated rings. The molecular formula is C21H22N6O6. The summed E-state index contributed by atoms with van der Waals surface area (Å²) in [6.45, 7) is 7.74. The van der Waals surface area contributed by atoms with Gasteiger partial charge in [-0.3, -0.25) is 14.1 Å². The molecule has 0 aliphatic carbocycles. The molecule has 12 nitrogen and oxygen atoms in total. The van der Waals surface area contributed by atoms with Crippen LogP contribution in [0.2, 0.25) is 0 Å². The molecule has 0 radical (unpaired) electrons. The second-order valence-electron chi connectivity index (χ2n) is 7.25. The van der Waals surface area contributed by atoms with Gasteiger partial charge in [0.05, 0.1) is 16.7 Å². The second kappa shape index (κ2) is 9.12. The number of benzene rings is 2. The van der Waals surface area contributed by atoms with Crippen molar-refractivity contribution < 1.29 is 19.8 Å². The van der Waals surface area contributed by atoms with Crippen molar-refractivity contribution >= 4 is 16.8 Å². The summed E-state index contributed by atoms with van der Waals surface area (Å²) in [5, 5.41) is 19.4. The van der Waals surface area contributed by atoms with Gasteiger partial charge in [-0.2, -0.15) is 0 Å². The van der Waals surface area contributed by atoms with Crippen molar-refractivity contribution in [2.45, 2.75) is 20.4 Å². The smallest absolute Gasteiger partial charge is 0.299 e. The van der Waals surface area contributed by atoms with Crippen LogP contribution in [-0.2, 0) is 6.54 Å². The molecule has 0 amide bonds. The van der Waals surface area contributed by atoms with Gasteiger partial charge < -0.3 is 9.47 Å². The van der Waals surface area contributed by atoms with Crippen LogP contribution < -0.4 is 9.68 Å². The van der Waals surface area contributed by atoms with Crippen molar-refractivity contribution in [1.29, 1.82) is 0 Å². The number of hydrogen-bond donors (Lipinski definition) is 0. The number of rotatable bonds is 10. The van der Waals surface area contributed by atoms with Crippen LogP contribution in [0.3, 0.4) is 0 Å². The first-order valence-electron chi connectivity index (χ1n) is 10.4. The lowest BCUT2D eigenvalue weighted by molar-refractivity contribution is -0.721. The van der Waals surface area contributed by atoms with Gasteiger partial charge in [0.1, 0.15) is 0 Å². The summed E-state index contributed by atoms with van der Waals surface area (Å²) in [7, 11) is 0. The number of nitrogens with zero attached hydrogens (tertiary/aromatic N) is 6. The summed E-state index contributed by atoms with van der Waals surface area (Å²) in [6.07, 6.45) is 1.82. The maximum Gasteiger partial charge on any atom is 0.299 e. The van der Waals surface area contributed by atoms with Crippen LogP contribution in [0.15, 0.2) is 48.7 Å². The Balaban J connectivity index is 1.78. The quantitative estimate of drug-likeness (QED) is 0.263. The fraction of sp³-hybridized carbons (Fsp3) is 0.286. The van der Waals surface area contributed by atoms with E-state index in [-0.39, 0.29) is 11.5 Å². The topological polar surface area (TPSA) is 130 Å². The fourth-order valence-electron chi connectivity index (χ4n) is 3.86. The summed E-state index contributed by atoms with van der Waals surface area (Å²) in [4.78, 5) is 37.5. The van der Waals surface area contributed by atoms with Crippen LogP contribution in [0.5, 0.6) is 11.5 Å². The van der Waals surface area contributed by atoms with Crippen LogP contribution in [0, 0.1) is 20.2 Å². The van der Waals surface area contributed by atoms with Crippen LogP contribution in [0.1, 0.15) is 13.8 Å². The van der Waals surface area contributed by atoms with Crippen molar-refractivity contribution in [2.24, 2.45) is 0 Å². The van der Waals surface area contributed by atoms with Gasteiger partial charge in [-0.25, -0.2) is 4.98 Å². The summed E-state index contributed by atoms with van der Waals surface area (Å²) in [5.74, 6) is -0.0414. The van der Waals surface area contributed by atoms with E-state index < -0.39 is 10.2 Å². The molecular weight excluding hydrogens is 432 g/mol. The van der Waals surface area contributed by atoms with E-state index in [9.17, 15) is 20.2 Å². The molecule has 4 rings (SSSR count). The molecule has 2 aromatic heterocycles. The number of para-hydroxylation sites is 2. The normalized spacial score (nSPS) is 11.4. The van der Waals surface area contributed by atoms with E-state index in [1.807, 2.05) is 34.9 Å². The molecule has 0 saturated carbocycles. The van der Waals surface area contributed by atoms with E-state index in [4.69, 9.17) is 4.98 Å². The van der Waals surface area contributed by atoms with Gasteiger partial charge in [0.2, 0.25) is 5.78 Å². The first kappa shape index (κ1) is 22.0. The molecule has 0 aliphatic rings. The first-order valence-corrected chi connectivity index (χ1v) is 10.4. The van der Waals surface area contributed by atoms with Gasteiger partial charge in [0.25, 0.3) is 10.2 Å². The Kier molecular flexibility index (Phi) is 6.09. The number of aromatic nitrogens is 3. The fourth-order valence-corrected chi connectivity index (χ4v) is 3.86. The summed E-state index contributed by atoms with van der Waals surface area (Å²) >= 11 is 0. The molecule has 172 valence electrons. The molecule has 4 aromatic rings. The lowest BCUT2D eigenvalue weighted by atomic mass is 10.1. The predicted octanol–water partition coefficient (Wildman–Crippen LogP) is 3.44. The third kappa shape index (κ3) is 4.41. The average Bonchev–Trinajstić information content (AvgIpc) is 3.33. The van der Waals surface area contributed by atoms with Gasteiger partial charge >= 0.3 is 0 Å².